The van der Waals surface area contributed by atoms with Gasteiger partial charge in [0.2, 0.25) is 0 Å². The maximum absolute atomic E-state index is 2.57. The van der Waals surface area contributed by atoms with E-state index in [1.54, 1.807) is 16.3 Å². The van der Waals surface area contributed by atoms with Gasteiger partial charge in [-0.05, 0) is 54.0 Å². The molecule has 1 fully saturated rings. The molecular formula is C22H24Si. The second-order valence-electron chi connectivity index (χ2n) is 8.49. The average molecular weight is 317 g/mol. The van der Waals surface area contributed by atoms with E-state index < -0.39 is 8.07 Å². The molecule has 1 saturated carbocycles. The summed E-state index contributed by atoms with van der Waals surface area (Å²) in [4.78, 5) is 0. The molecule has 1 atom stereocenters. The Kier molecular flexibility index (Phi) is 2.56. The van der Waals surface area contributed by atoms with Gasteiger partial charge in [0.05, 0.1) is 8.07 Å². The first-order valence-corrected chi connectivity index (χ1v) is 12.1. The normalized spacial score (nSPS) is 25.6. The molecule has 5 rings (SSSR count). The van der Waals surface area contributed by atoms with E-state index in [1.165, 1.54) is 30.0 Å². The van der Waals surface area contributed by atoms with Gasteiger partial charge < -0.3 is 0 Å². The molecule has 0 N–H and O–H groups in total. The molecule has 0 nitrogen and oxygen atoms in total. The summed E-state index contributed by atoms with van der Waals surface area (Å²) in [6.07, 6.45) is 2.61. The molecule has 1 spiro atoms. The fourth-order valence-electron chi connectivity index (χ4n) is 5.75. The number of hydrogen-bond donors (Lipinski definition) is 0. The molecule has 0 aromatic heterocycles. The van der Waals surface area contributed by atoms with Crippen LogP contribution in [-0.4, -0.2) is 8.07 Å². The maximum Gasteiger partial charge on any atom is 0.0756 e. The van der Waals surface area contributed by atoms with Gasteiger partial charge in [0.15, 0.2) is 0 Å². The van der Waals surface area contributed by atoms with Gasteiger partial charge in [0.1, 0.15) is 0 Å². The van der Waals surface area contributed by atoms with Crippen molar-refractivity contribution in [1.29, 1.82) is 0 Å². The summed E-state index contributed by atoms with van der Waals surface area (Å²) < 4.78 is 0. The summed E-state index contributed by atoms with van der Waals surface area (Å²) in [6, 6.07) is 19.8. The molecule has 1 unspecified atom stereocenters. The first-order valence-electron chi connectivity index (χ1n) is 8.92. The second kappa shape index (κ2) is 4.27. The molecule has 2 aromatic rings. The number of allylic oxidation sites excluding steroid dienone is 2. The molecule has 3 aliphatic rings. The Morgan fingerprint density at radius 2 is 1.48 bits per heavy atom. The van der Waals surface area contributed by atoms with Crippen LogP contribution in [-0.2, 0) is 5.41 Å². The quantitative estimate of drug-likeness (QED) is 0.528. The van der Waals surface area contributed by atoms with Crippen molar-refractivity contribution in [3.05, 3.63) is 70.4 Å². The van der Waals surface area contributed by atoms with Crippen LogP contribution in [0.3, 0.4) is 0 Å². The largest absolute Gasteiger partial charge is 0.0843 e. The van der Waals surface area contributed by atoms with Crippen molar-refractivity contribution in [2.75, 3.05) is 0 Å². The van der Waals surface area contributed by atoms with Gasteiger partial charge in [-0.15, -0.1) is 0 Å². The fourth-order valence-corrected chi connectivity index (χ4v) is 8.84. The van der Waals surface area contributed by atoms with E-state index in [0.29, 0.717) is 0 Å². The summed E-state index contributed by atoms with van der Waals surface area (Å²) in [5, 5.41) is 1.81. The molecule has 1 heteroatoms. The minimum Gasteiger partial charge on any atom is -0.0843 e. The first kappa shape index (κ1) is 13.8. The monoisotopic (exact) mass is 316 g/mol. The van der Waals surface area contributed by atoms with Gasteiger partial charge in [-0.3, -0.25) is 0 Å². The molecule has 1 aliphatic heterocycles. The molecular weight excluding hydrogens is 292 g/mol. The van der Waals surface area contributed by atoms with Crippen molar-refractivity contribution in [3.63, 3.8) is 0 Å². The van der Waals surface area contributed by atoms with Crippen LogP contribution in [0.2, 0.25) is 19.1 Å². The predicted molar refractivity (Wildman–Crippen MR) is 100 cm³/mol. The number of benzene rings is 2. The van der Waals surface area contributed by atoms with Gasteiger partial charge in [0.25, 0.3) is 0 Å². The first-order chi connectivity index (χ1) is 11.0. The third kappa shape index (κ3) is 1.61. The van der Waals surface area contributed by atoms with Crippen molar-refractivity contribution in [3.8, 4) is 11.1 Å². The molecule has 2 aliphatic carbocycles. The van der Waals surface area contributed by atoms with Crippen LogP contribution in [0.15, 0.2) is 59.3 Å². The highest BCUT2D eigenvalue weighted by Gasteiger charge is 2.54. The van der Waals surface area contributed by atoms with E-state index in [0.717, 1.165) is 5.92 Å². The van der Waals surface area contributed by atoms with E-state index in [4.69, 9.17) is 0 Å². The smallest absolute Gasteiger partial charge is 0.0756 e. The lowest BCUT2D eigenvalue weighted by Crippen LogP contribution is -2.28. The lowest BCUT2D eigenvalue weighted by molar-refractivity contribution is 0.514. The highest BCUT2D eigenvalue weighted by molar-refractivity contribution is 6.85. The highest BCUT2D eigenvalue weighted by Crippen LogP contribution is 2.63. The van der Waals surface area contributed by atoms with Crippen LogP contribution < -0.4 is 0 Å². The fraction of sp³-hybridized carbons (Fsp3) is 0.364. The summed E-state index contributed by atoms with van der Waals surface area (Å²) in [5.74, 6) is 0.843. The zero-order chi connectivity index (χ0) is 15.8. The molecule has 0 radical (unpaired) electrons. The van der Waals surface area contributed by atoms with Crippen LogP contribution >= 0.6 is 0 Å². The third-order valence-electron chi connectivity index (χ3n) is 7.01. The van der Waals surface area contributed by atoms with Crippen LogP contribution in [0.25, 0.3) is 11.1 Å². The topological polar surface area (TPSA) is 0 Å². The minimum absolute atomic E-state index is 0.263. The van der Waals surface area contributed by atoms with E-state index in [1.807, 2.05) is 5.57 Å². The van der Waals surface area contributed by atoms with Gasteiger partial charge in [0, 0.05) is 5.41 Å². The standard InChI is InChI=1S/C22H24Si/c1-15-19-13-22(12-16(19)14-23(15,2)3)20-10-6-4-8-17(20)18-9-5-7-11-21(18)22/h4-11,16H,12-14H2,1-3H3. The van der Waals surface area contributed by atoms with Gasteiger partial charge in [-0.25, -0.2) is 0 Å². The lowest BCUT2D eigenvalue weighted by atomic mass is 9.76. The zero-order valence-corrected chi connectivity index (χ0v) is 15.3. The molecule has 116 valence electrons. The molecule has 1 heterocycles. The van der Waals surface area contributed by atoms with E-state index in [2.05, 4.69) is 68.5 Å². The van der Waals surface area contributed by atoms with Crippen molar-refractivity contribution < 1.29 is 0 Å². The Bertz CT molecular complexity index is 810. The summed E-state index contributed by atoms with van der Waals surface area (Å²) in [5.41, 5.74) is 8.24. The van der Waals surface area contributed by atoms with E-state index in [-0.39, 0.29) is 5.41 Å². The molecule has 0 saturated heterocycles. The molecule has 0 bridgehead atoms. The predicted octanol–water partition coefficient (Wildman–Crippen LogP) is 5.94. The van der Waals surface area contributed by atoms with Crippen molar-refractivity contribution in [1.82, 2.24) is 0 Å². The summed E-state index contributed by atoms with van der Waals surface area (Å²) >= 11 is 0. The van der Waals surface area contributed by atoms with Gasteiger partial charge in [-0.2, -0.15) is 0 Å². The lowest BCUT2D eigenvalue weighted by Gasteiger charge is -2.29. The highest BCUT2D eigenvalue weighted by atomic mass is 28.3. The van der Waals surface area contributed by atoms with Crippen LogP contribution in [0, 0.1) is 5.92 Å². The SMILES string of the molecule is CC1=C2CC3(CC2C[Si]1(C)C)c1ccccc1-c1ccccc13. The van der Waals surface area contributed by atoms with Gasteiger partial charge in [-0.1, -0.05) is 72.4 Å². The summed E-state index contributed by atoms with van der Waals surface area (Å²) in [7, 11) is -1.11. The zero-order valence-electron chi connectivity index (χ0n) is 14.3. The average Bonchev–Trinajstić information content (AvgIpc) is 3.12. The molecule has 23 heavy (non-hydrogen) atoms. The van der Waals surface area contributed by atoms with Crippen LogP contribution in [0.5, 0.6) is 0 Å². The van der Waals surface area contributed by atoms with Gasteiger partial charge >= 0.3 is 0 Å². The van der Waals surface area contributed by atoms with Crippen molar-refractivity contribution in [2.24, 2.45) is 5.92 Å². The van der Waals surface area contributed by atoms with E-state index >= 15 is 0 Å². The van der Waals surface area contributed by atoms with Crippen LogP contribution in [0.4, 0.5) is 0 Å². The van der Waals surface area contributed by atoms with Crippen molar-refractivity contribution >= 4 is 8.07 Å². The summed E-state index contributed by atoms with van der Waals surface area (Å²) in [6.45, 7) is 7.58. The van der Waals surface area contributed by atoms with Crippen LogP contribution in [0.1, 0.15) is 30.9 Å². The Morgan fingerprint density at radius 1 is 0.913 bits per heavy atom. The number of hydrogen-bond acceptors (Lipinski definition) is 0. The Hall–Kier alpha value is -1.60. The number of fused-ring (bicyclic) bond motifs is 6. The third-order valence-corrected chi connectivity index (χ3v) is 10.9. The molecule has 0 amide bonds. The van der Waals surface area contributed by atoms with Crippen molar-refractivity contribution in [2.45, 2.75) is 44.3 Å². The molecule has 2 aromatic carbocycles. The minimum atomic E-state index is -1.11. The Labute approximate surface area is 140 Å². The second-order valence-corrected chi connectivity index (χ2v) is 13.4. The Morgan fingerprint density at radius 3 is 2.04 bits per heavy atom. The Balaban J connectivity index is 1.75. The number of rotatable bonds is 0. The maximum atomic E-state index is 2.57. The van der Waals surface area contributed by atoms with E-state index in [9.17, 15) is 0 Å².